The van der Waals surface area contributed by atoms with Crippen molar-refractivity contribution in [3.05, 3.63) is 42.6 Å². The molecule has 0 aliphatic rings. The standard InChI is InChI=1S/C13H15N5O2/c1-10(11-4-2-8-19-11)14-6-7-18-16-13(15-17-18)12-5-3-9-20-12/h2-5,8-10,14H,6-7H2,1H3. The molecule has 0 aliphatic heterocycles. The van der Waals surface area contributed by atoms with Crippen molar-refractivity contribution < 1.29 is 8.83 Å². The molecule has 1 atom stereocenters. The number of rotatable bonds is 6. The molecule has 1 N–H and O–H groups in total. The van der Waals surface area contributed by atoms with Gasteiger partial charge in [0, 0.05) is 6.54 Å². The zero-order valence-corrected chi connectivity index (χ0v) is 11.1. The number of nitrogens with zero attached hydrogens (tertiary/aromatic N) is 4. The van der Waals surface area contributed by atoms with Crippen LogP contribution in [0, 0.1) is 0 Å². The minimum absolute atomic E-state index is 0.151. The van der Waals surface area contributed by atoms with Crippen LogP contribution in [0.4, 0.5) is 0 Å². The van der Waals surface area contributed by atoms with Gasteiger partial charge in [-0.05, 0) is 36.4 Å². The summed E-state index contributed by atoms with van der Waals surface area (Å²) < 4.78 is 10.5. The average Bonchev–Trinajstić information content (AvgIpc) is 3.20. The van der Waals surface area contributed by atoms with Crippen LogP contribution < -0.4 is 5.32 Å². The predicted molar refractivity (Wildman–Crippen MR) is 70.6 cm³/mol. The molecule has 3 heterocycles. The highest BCUT2D eigenvalue weighted by molar-refractivity contribution is 5.43. The molecule has 1 unspecified atom stereocenters. The van der Waals surface area contributed by atoms with Gasteiger partial charge in [0.2, 0.25) is 5.82 Å². The third-order valence-electron chi connectivity index (χ3n) is 2.93. The summed E-state index contributed by atoms with van der Waals surface area (Å²) in [6.45, 7) is 3.39. The first-order valence-corrected chi connectivity index (χ1v) is 6.41. The summed E-state index contributed by atoms with van der Waals surface area (Å²) in [5.41, 5.74) is 0. The first-order chi connectivity index (χ1) is 9.83. The van der Waals surface area contributed by atoms with Crippen molar-refractivity contribution >= 4 is 0 Å². The Kier molecular flexibility index (Phi) is 3.60. The van der Waals surface area contributed by atoms with Crippen LogP contribution in [0.2, 0.25) is 0 Å². The quantitative estimate of drug-likeness (QED) is 0.738. The molecule has 0 fully saturated rings. The Morgan fingerprint density at radius 1 is 1.25 bits per heavy atom. The Morgan fingerprint density at radius 3 is 2.85 bits per heavy atom. The van der Waals surface area contributed by atoms with Gasteiger partial charge in [0.05, 0.1) is 25.1 Å². The zero-order valence-electron chi connectivity index (χ0n) is 11.1. The maximum atomic E-state index is 5.33. The molecule has 0 aromatic carbocycles. The van der Waals surface area contributed by atoms with Crippen molar-refractivity contribution in [3.63, 3.8) is 0 Å². The van der Waals surface area contributed by atoms with Gasteiger partial charge >= 0.3 is 0 Å². The van der Waals surface area contributed by atoms with E-state index in [1.165, 1.54) is 0 Å². The third kappa shape index (κ3) is 2.77. The number of nitrogens with one attached hydrogen (secondary N) is 1. The lowest BCUT2D eigenvalue weighted by molar-refractivity contribution is 0.408. The van der Waals surface area contributed by atoms with E-state index in [0.717, 1.165) is 12.3 Å². The minimum atomic E-state index is 0.151. The molecule has 7 heteroatoms. The smallest absolute Gasteiger partial charge is 0.240 e. The average molecular weight is 273 g/mol. The highest BCUT2D eigenvalue weighted by atomic mass is 16.3. The van der Waals surface area contributed by atoms with Crippen LogP contribution in [-0.2, 0) is 6.54 Å². The summed E-state index contributed by atoms with van der Waals surface area (Å²) >= 11 is 0. The first kappa shape index (κ1) is 12.6. The van der Waals surface area contributed by atoms with Crippen LogP contribution in [0.15, 0.2) is 45.6 Å². The molecule has 3 rings (SSSR count). The van der Waals surface area contributed by atoms with Crippen LogP contribution >= 0.6 is 0 Å². The second-order valence-corrected chi connectivity index (χ2v) is 4.38. The van der Waals surface area contributed by atoms with Crippen molar-refractivity contribution in [2.45, 2.75) is 19.5 Å². The highest BCUT2D eigenvalue weighted by Crippen LogP contribution is 2.13. The summed E-state index contributed by atoms with van der Waals surface area (Å²) in [4.78, 5) is 1.54. The normalized spacial score (nSPS) is 12.7. The summed E-state index contributed by atoms with van der Waals surface area (Å²) in [6.07, 6.45) is 3.25. The van der Waals surface area contributed by atoms with Crippen LogP contribution in [0.25, 0.3) is 11.6 Å². The molecule has 0 saturated heterocycles. The van der Waals surface area contributed by atoms with Gasteiger partial charge in [0.15, 0.2) is 5.76 Å². The van der Waals surface area contributed by atoms with Crippen LogP contribution in [-0.4, -0.2) is 26.8 Å². The number of tetrazole rings is 1. The third-order valence-corrected chi connectivity index (χ3v) is 2.93. The summed E-state index contributed by atoms with van der Waals surface area (Å²) in [5.74, 6) is 2.02. The van der Waals surface area contributed by atoms with Gasteiger partial charge in [-0.3, -0.25) is 0 Å². The fourth-order valence-electron chi connectivity index (χ4n) is 1.86. The van der Waals surface area contributed by atoms with E-state index in [0.29, 0.717) is 18.1 Å². The van der Waals surface area contributed by atoms with E-state index >= 15 is 0 Å². The van der Waals surface area contributed by atoms with E-state index < -0.39 is 0 Å². The molecule has 3 aromatic heterocycles. The maximum absolute atomic E-state index is 5.33. The minimum Gasteiger partial charge on any atom is -0.468 e. The van der Waals surface area contributed by atoms with E-state index in [9.17, 15) is 0 Å². The Labute approximate surface area is 115 Å². The van der Waals surface area contributed by atoms with E-state index in [-0.39, 0.29) is 6.04 Å². The van der Waals surface area contributed by atoms with Crippen molar-refractivity contribution in [2.75, 3.05) is 6.54 Å². The molecule has 3 aromatic rings. The molecule has 104 valence electrons. The lowest BCUT2D eigenvalue weighted by atomic mass is 10.2. The fourth-order valence-corrected chi connectivity index (χ4v) is 1.86. The van der Waals surface area contributed by atoms with Gasteiger partial charge in [-0.25, -0.2) is 0 Å². The van der Waals surface area contributed by atoms with Gasteiger partial charge in [-0.15, -0.1) is 10.2 Å². The first-order valence-electron chi connectivity index (χ1n) is 6.41. The van der Waals surface area contributed by atoms with Crippen molar-refractivity contribution in [3.8, 4) is 11.6 Å². The van der Waals surface area contributed by atoms with Gasteiger partial charge in [-0.2, -0.15) is 4.80 Å². The Hall–Kier alpha value is -2.41. The number of hydrogen-bond donors (Lipinski definition) is 1. The molecule has 0 saturated carbocycles. The lowest BCUT2D eigenvalue weighted by Gasteiger charge is -2.10. The van der Waals surface area contributed by atoms with Crippen molar-refractivity contribution in [2.24, 2.45) is 0 Å². The molecule has 0 spiro atoms. The topological polar surface area (TPSA) is 81.9 Å². The molecule has 7 nitrogen and oxygen atoms in total. The highest BCUT2D eigenvalue weighted by Gasteiger charge is 2.09. The van der Waals surface area contributed by atoms with Crippen LogP contribution in [0.1, 0.15) is 18.7 Å². The molecule has 20 heavy (non-hydrogen) atoms. The molecule has 0 amide bonds. The molecule has 0 aliphatic carbocycles. The molecular weight excluding hydrogens is 258 g/mol. The molecule has 0 radical (unpaired) electrons. The van der Waals surface area contributed by atoms with Gasteiger partial charge in [-0.1, -0.05) is 0 Å². The zero-order chi connectivity index (χ0) is 13.8. The number of aromatic nitrogens is 4. The maximum Gasteiger partial charge on any atom is 0.240 e. The van der Waals surface area contributed by atoms with Gasteiger partial charge in [0.1, 0.15) is 5.76 Å². The molecular formula is C13H15N5O2. The molecule has 0 bridgehead atoms. The van der Waals surface area contributed by atoms with Crippen molar-refractivity contribution in [1.82, 2.24) is 25.5 Å². The van der Waals surface area contributed by atoms with Crippen LogP contribution in [0.5, 0.6) is 0 Å². The fraction of sp³-hybridized carbons (Fsp3) is 0.308. The second-order valence-electron chi connectivity index (χ2n) is 4.38. The van der Waals surface area contributed by atoms with Gasteiger partial charge in [0.25, 0.3) is 0 Å². The second kappa shape index (κ2) is 5.70. The van der Waals surface area contributed by atoms with E-state index in [1.54, 1.807) is 29.5 Å². The Balaban J connectivity index is 1.52. The number of hydrogen-bond acceptors (Lipinski definition) is 6. The SMILES string of the molecule is CC(NCCn1nnc(-c2ccco2)n1)c1ccco1. The van der Waals surface area contributed by atoms with E-state index in [1.807, 2.05) is 19.1 Å². The summed E-state index contributed by atoms with van der Waals surface area (Å²) in [6, 6.07) is 7.57. The van der Waals surface area contributed by atoms with Crippen LogP contribution in [0.3, 0.4) is 0 Å². The van der Waals surface area contributed by atoms with E-state index in [4.69, 9.17) is 8.83 Å². The summed E-state index contributed by atoms with van der Waals surface area (Å²) in [5, 5.41) is 15.5. The predicted octanol–water partition coefficient (Wildman–Crippen LogP) is 1.88. The number of furan rings is 2. The lowest BCUT2D eigenvalue weighted by Crippen LogP contribution is -2.24. The Bertz CT molecular complexity index is 630. The monoisotopic (exact) mass is 273 g/mol. The van der Waals surface area contributed by atoms with E-state index in [2.05, 4.69) is 20.7 Å². The Morgan fingerprint density at radius 2 is 2.10 bits per heavy atom. The largest absolute Gasteiger partial charge is 0.468 e. The summed E-state index contributed by atoms with van der Waals surface area (Å²) in [7, 11) is 0. The van der Waals surface area contributed by atoms with Gasteiger partial charge < -0.3 is 14.2 Å². The van der Waals surface area contributed by atoms with Crippen molar-refractivity contribution in [1.29, 1.82) is 0 Å².